The van der Waals surface area contributed by atoms with Gasteiger partial charge in [0, 0.05) is 12.6 Å². The van der Waals surface area contributed by atoms with Crippen LogP contribution >= 0.6 is 0 Å². The molecule has 0 bridgehead atoms. The summed E-state index contributed by atoms with van der Waals surface area (Å²) in [7, 11) is 0. The molecule has 124 valence electrons. The minimum absolute atomic E-state index is 0.102. The second kappa shape index (κ2) is 5.80. The van der Waals surface area contributed by atoms with Gasteiger partial charge in [-0.3, -0.25) is 4.79 Å². The summed E-state index contributed by atoms with van der Waals surface area (Å²) in [5.41, 5.74) is 6.92. The van der Waals surface area contributed by atoms with Crippen molar-refractivity contribution in [1.29, 1.82) is 0 Å². The molecule has 2 heterocycles. The molecule has 0 aliphatic carbocycles. The Kier molecular flexibility index (Phi) is 3.97. The number of piperidine rings is 1. The van der Waals surface area contributed by atoms with Crippen LogP contribution in [0.25, 0.3) is 11.0 Å². The van der Waals surface area contributed by atoms with E-state index < -0.39 is 24.2 Å². The van der Waals surface area contributed by atoms with Crippen molar-refractivity contribution in [2.24, 2.45) is 5.73 Å². The highest BCUT2D eigenvalue weighted by Crippen LogP contribution is 2.31. The molecule has 9 heteroatoms. The van der Waals surface area contributed by atoms with Gasteiger partial charge in [0.2, 0.25) is 5.91 Å². The van der Waals surface area contributed by atoms with Gasteiger partial charge in [0.25, 0.3) is 0 Å². The van der Waals surface area contributed by atoms with E-state index in [0.29, 0.717) is 11.0 Å². The van der Waals surface area contributed by atoms with Crippen LogP contribution in [0.5, 0.6) is 0 Å². The van der Waals surface area contributed by atoms with Gasteiger partial charge in [-0.05, 0) is 25.0 Å². The lowest BCUT2D eigenvalue weighted by Crippen LogP contribution is -2.57. The highest BCUT2D eigenvalue weighted by Gasteiger charge is 2.47. The van der Waals surface area contributed by atoms with E-state index in [4.69, 9.17) is 5.73 Å². The van der Waals surface area contributed by atoms with Crippen molar-refractivity contribution in [1.82, 2.24) is 19.9 Å². The molecule has 2 atom stereocenters. The molecule has 2 aromatic rings. The lowest BCUT2D eigenvalue weighted by molar-refractivity contribution is -0.197. The molecule has 0 spiro atoms. The van der Waals surface area contributed by atoms with E-state index in [-0.39, 0.29) is 25.9 Å². The SMILES string of the molecule is NC1CCC(C(F)(F)F)N(C(=O)Cn2nnc3ccccc32)C1. The predicted molar refractivity (Wildman–Crippen MR) is 76.3 cm³/mol. The van der Waals surface area contributed by atoms with Crippen LogP contribution in [0.4, 0.5) is 13.2 Å². The largest absolute Gasteiger partial charge is 0.408 e. The first-order chi connectivity index (χ1) is 10.9. The average molecular weight is 327 g/mol. The van der Waals surface area contributed by atoms with Gasteiger partial charge in [-0.15, -0.1) is 5.10 Å². The molecule has 1 aliphatic heterocycles. The quantitative estimate of drug-likeness (QED) is 0.902. The van der Waals surface area contributed by atoms with E-state index in [9.17, 15) is 18.0 Å². The second-order valence-corrected chi connectivity index (χ2v) is 5.68. The number of amides is 1. The minimum atomic E-state index is -4.46. The number of halogens is 3. The fourth-order valence-electron chi connectivity index (χ4n) is 2.87. The summed E-state index contributed by atoms with van der Waals surface area (Å²) in [4.78, 5) is 13.2. The molecule has 3 rings (SSSR count). The molecule has 1 fully saturated rings. The molecule has 1 aromatic heterocycles. The number of nitrogens with two attached hydrogens (primary N) is 1. The molecule has 1 aromatic carbocycles. The average Bonchev–Trinajstić information content (AvgIpc) is 2.89. The maximum absolute atomic E-state index is 13.1. The number of fused-ring (bicyclic) bond motifs is 1. The number of para-hydroxylation sites is 1. The summed E-state index contributed by atoms with van der Waals surface area (Å²) in [5.74, 6) is -0.655. The number of hydrogen-bond donors (Lipinski definition) is 1. The van der Waals surface area contributed by atoms with E-state index in [1.165, 1.54) is 4.68 Å². The van der Waals surface area contributed by atoms with Crippen molar-refractivity contribution < 1.29 is 18.0 Å². The van der Waals surface area contributed by atoms with E-state index in [0.717, 1.165) is 4.90 Å². The summed E-state index contributed by atoms with van der Waals surface area (Å²) >= 11 is 0. The summed E-state index contributed by atoms with van der Waals surface area (Å²) in [6, 6.07) is 4.73. The molecule has 2 N–H and O–H groups in total. The molecular weight excluding hydrogens is 311 g/mol. The Labute approximate surface area is 130 Å². The Morgan fingerprint density at radius 2 is 2.04 bits per heavy atom. The highest BCUT2D eigenvalue weighted by molar-refractivity contribution is 5.80. The van der Waals surface area contributed by atoms with Gasteiger partial charge < -0.3 is 10.6 Å². The van der Waals surface area contributed by atoms with Crippen LogP contribution in [0.15, 0.2) is 24.3 Å². The van der Waals surface area contributed by atoms with E-state index >= 15 is 0 Å². The Bertz CT molecular complexity index is 714. The van der Waals surface area contributed by atoms with Crippen molar-refractivity contribution in [3.05, 3.63) is 24.3 Å². The fourth-order valence-corrected chi connectivity index (χ4v) is 2.87. The first-order valence-electron chi connectivity index (χ1n) is 7.26. The third kappa shape index (κ3) is 3.14. The summed E-state index contributed by atoms with van der Waals surface area (Å²) in [5, 5.41) is 7.74. The summed E-state index contributed by atoms with van der Waals surface area (Å²) < 4.78 is 40.7. The Morgan fingerprint density at radius 1 is 1.30 bits per heavy atom. The fraction of sp³-hybridized carbons (Fsp3) is 0.500. The summed E-state index contributed by atoms with van der Waals surface area (Å²) in [6.45, 7) is -0.393. The predicted octanol–water partition coefficient (Wildman–Crippen LogP) is 1.31. The molecule has 1 saturated heterocycles. The third-order valence-electron chi connectivity index (χ3n) is 4.02. The van der Waals surface area contributed by atoms with E-state index in [1.54, 1.807) is 24.3 Å². The first-order valence-corrected chi connectivity index (χ1v) is 7.26. The number of likely N-dealkylation sites (tertiary alicyclic amines) is 1. The van der Waals surface area contributed by atoms with Gasteiger partial charge in [-0.1, -0.05) is 17.3 Å². The van der Waals surface area contributed by atoms with Crippen LogP contribution < -0.4 is 5.73 Å². The Balaban J connectivity index is 1.83. The third-order valence-corrected chi connectivity index (χ3v) is 4.02. The van der Waals surface area contributed by atoms with Gasteiger partial charge in [-0.25, -0.2) is 4.68 Å². The van der Waals surface area contributed by atoms with Crippen molar-refractivity contribution >= 4 is 16.9 Å². The smallest absolute Gasteiger partial charge is 0.327 e. The van der Waals surface area contributed by atoms with Gasteiger partial charge in [0.15, 0.2) is 0 Å². The maximum atomic E-state index is 13.1. The molecule has 0 saturated carbocycles. The van der Waals surface area contributed by atoms with Crippen LogP contribution in [0.1, 0.15) is 12.8 Å². The summed E-state index contributed by atoms with van der Waals surface area (Å²) in [6.07, 6.45) is -4.38. The van der Waals surface area contributed by atoms with Crippen LogP contribution in [-0.2, 0) is 11.3 Å². The highest BCUT2D eigenvalue weighted by atomic mass is 19.4. The number of rotatable bonds is 2. The van der Waals surface area contributed by atoms with Crippen molar-refractivity contribution in [2.45, 2.75) is 37.6 Å². The number of carbonyl (C=O) groups is 1. The van der Waals surface area contributed by atoms with Crippen molar-refractivity contribution in [3.8, 4) is 0 Å². The van der Waals surface area contributed by atoms with Gasteiger partial charge >= 0.3 is 6.18 Å². The van der Waals surface area contributed by atoms with Gasteiger partial charge in [0.05, 0.1) is 5.52 Å². The number of benzene rings is 1. The van der Waals surface area contributed by atoms with E-state index in [2.05, 4.69) is 10.3 Å². The van der Waals surface area contributed by atoms with E-state index in [1.807, 2.05) is 0 Å². The number of nitrogens with zero attached hydrogens (tertiary/aromatic N) is 4. The zero-order chi connectivity index (χ0) is 16.6. The van der Waals surface area contributed by atoms with Crippen molar-refractivity contribution in [2.75, 3.05) is 6.54 Å². The monoisotopic (exact) mass is 327 g/mol. The zero-order valence-electron chi connectivity index (χ0n) is 12.2. The van der Waals surface area contributed by atoms with Gasteiger partial charge in [-0.2, -0.15) is 13.2 Å². The number of alkyl halides is 3. The van der Waals surface area contributed by atoms with Crippen LogP contribution in [0, 0.1) is 0 Å². The Hall–Kier alpha value is -2.16. The normalized spacial score (nSPS) is 22.5. The van der Waals surface area contributed by atoms with Crippen molar-refractivity contribution in [3.63, 3.8) is 0 Å². The molecule has 23 heavy (non-hydrogen) atoms. The van der Waals surface area contributed by atoms with Crippen LogP contribution in [0.3, 0.4) is 0 Å². The molecule has 6 nitrogen and oxygen atoms in total. The van der Waals surface area contributed by atoms with Crippen LogP contribution in [0.2, 0.25) is 0 Å². The molecule has 1 aliphatic rings. The molecule has 0 radical (unpaired) electrons. The number of aromatic nitrogens is 3. The number of hydrogen-bond acceptors (Lipinski definition) is 4. The standard InChI is InChI=1S/C14H16F3N5O/c15-14(16,17)12-6-5-9(18)7-21(12)13(23)8-22-11-4-2-1-3-10(11)19-20-22/h1-4,9,12H,5-8,18H2. The first kappa shape index (κ1) is 15.7. The Morgan fingerprint density at radius 3 is 2.78 bits per heavy atom. The zero-order valence-corrected chi connectivity index (χ0v) is 12.2. The minimum Gasteiger partial charge on any atom is -0.327 e. The molecule has 2 unspecified atom stereocenters. The van der Waals surface area contributed by atoms with Gasteiger partial charge in [0.1, 0.15) is 18.1 Å². The molecular formula is C14H16F3N5O. The second-order valence-electron chi connectivity index (χ2n) is 5.68. The molecule has 1 amide bonds. The topological polar surface area (TPSA) is 77.0 Å². The lowest BCUT2D eigenvalue weighted by atomic mass is 9.98. The maximum Gasteiger partial charge on any atom is 0.408 e. The lowest BCUT2D eigenvalue weighted by Gasteiger charge is -2.39. The van der Waals surface area contributed by atoms with Crippen LogP contribution in [-0.4, -0.2) is 50.6 Å². The number of carbonyl (C=O) groups excluding carboxylic acids is 1.